The Morgan fingerprint density at radius 1 is 0.788 bits per heavy atom. The summed E-state index contributed by atoms with van der Waals surface area (Å²) < 4.78 is 50.9. The summed E-state index contributed by atoms with van der Waals surface area (Å²) in [5.74, 6) is 1.95. The molecule has 0 saturated carbocycles. The number of anilines is 1. The molecule has 0 N–H and O–H groups in total. The van der Waals surface area contributed by atoms with Crippen molar-refractivity contribution >= 4 is 27.3 Å². The van der Waals surface area contributed by atoms with Crippen LogP contribution in [0.25, 0.3) is 0 Å². The molecule has 0 aliphatic carbocycles. The zero-order valence-corrected chi connectivity index (χ0v) is 20.6. The van der Waals surface area contributed by atoms with E-state index < -0.39 is 16.1 Å². The van der Waals surface area contributed by atoms with Crippen molar-refractivity contribution in [2.24, 2.45) is 0 Å². The highest BCUT2D eigenvalue weighted by molar-refractivity contribution is 7.93. The molecule has 3 aromatic carbocycles. The molecule has 1 atom stereocenters. The van der Waals surface area contributed by atoms with Gasteiger partial charge in [0.25, 0.3) is 10.0 Å². The smallest absolute Gasteiger partial charge is 0.266 e. The fourth-order valence-corrected chi connectivity index (χ4v) is 5.71. The van der Waals surface area contributed by atoms with Gasteiger partial charge in [-0.2, -0.15) is 0 Å². The summed E-state index contributed by atoms with van der Waals surface area (Å²) >= 11 is 6.31. The standard InChI is InChI=1S/C24H26ClNO6S/c1-16(19-15-18(29-2)11-13-21(19)30-3)26(17-10-12-22(31-4)23(14-17)32-5)33(27,28)24-9-7-6-8-20(24)25/h6-16H,1-5H3/t16-/m1/s1. The van der Waals surface area contributed by atoms with Crippen molar-refractivity contribution < 1.29 is 27.4 Å². The van der Waals surface area contributed by atoms with Crippen LogP contribution in [0, 0.1) is 0 Å². The molecule has 3 rings (SSSR count). The monoisotopic (exact) mass is 491 g/mol. The summed E-state index contributed by atoms with van der Waals surface area (Å²) in [6.07, 6.45) is 0. The Morgan fingerprint density at radius 2 is 1.42 bits per heavy atom. The first-order valence-corrected chi connectivity index (χ1v) is 11.8. The fraction of sp³-hybridized carbons (Fsp3) is 0.250. The van der Waals surface area contributed by atoms with Crippen LogP contribution >= 0.6 is 11.6 Å². The summed E-state index contributed by atoms with van der Waals surface area (Å²) in [4.78, 5) is -0.0184. The van der Waals surface area contributed by atoms with Gasteiger partial charge >= 0.3 is 0 Å². The van der Waals surface area contributed by atoms with Gasteiger partial charge in [0.15, 0.2) is 11.5 Å². The molecule has 0 bridgehead atoms. The Morgan fingerprint density at radius 3 is 2.03 bits per heavy atom. The predicted molar refractivity (Wildman–Crippen MR) is 129 cm³/mol. The summed E-state index contributed by atoms with van der Waals surface area (Å²) in [5.41, 5.74) is 0.979. The highest BCUT2D eigenvalue weighted by Crippen LogP contribution is 2.42. The van der Waals surface area contributed by atoms with Crippen molar-refractivity contribution in [3.63, 3.8) is 0 Å². The number of methoxy groups -OCH3 is 4. The van der Waals surface area contributed by atoms with Gasteiger partial charge in [-0.1, -0.05) is 23.7 Å². The molecule has 0 unspecified atom stereocenters. The number of rotatable bonds is 9. The first kappa shape index (κ1) is 24.5. The minimum Gasteiger partial charge on any atom is -0.497 e. The van der Waals surface area contributed by atoms with E-state index in [0.29, 0.717) is 34.2 Å². The van der Waals surface area contributed by atoms with E-state index in [0.717, 1.165) is 0 Å². The van der Waals surface area contributed by atoms with Gasteiger partial charge in [-0.15, -0.1) is 0 Å². The Bertz CT molecular complexity index is 1230. The van der Waals surface area contributed by atoms with Gasteiger partial charge in [0.1, 0.15) is 16.4 Å². The lowest BCUT2D eigenvalue weighted by Crippen LogP contribution is -2.34. The molecule has 0 radical (unpaired) electrons. The van der Waals surface area contributed by atoms with Crippen LogP contribution in [0.5, 0.6) is 23.0 Å². The van der Waals surface area contributed by atoms with Crippen molar-refractivity contribution in [1.29, 1.82) is 0 Å². The van der Waals surface area contributed by atoms with Crippen molar-refractivity contribution in [2.75, 3.05) is 32.7 Å². The summed E-state index contributed by atoms with van der Waals surface area (Å²) in [6.45, 7) is 1.77. The van der Waals surface area contributed by atoms with Crippen molar-refractivity contribution in [3.8, 4) is 23.0 Å². The minimum absolute atomic E-state index is 0.0184. The van der Waals surface area contributed by atoms with Gasteiger partial charge in [0.2, 0.25) is 0 Å². The molecule has 0 aromatic heterocycles. The third-order valence-electron chi connectivity index (χ3n) is 5.23. The average Bonchev–Trinajstić information content (AvgIpc) is 2.83. The number of ether oxygens (including phenoxy) is 4. The maximum absolute atomic E-state index is 14.0. The second kappa shape index (κ2) is 10.2. The van der Waals surface area contributed by atoms with Gasteiger partial charge in [-0.25, -0.2) is 8.42 Å². The maximum Gasteiger partial charge on any atom is 0.266 e. The molecule has 0 amide bonds. The van der Waals surface area contributed by atoms with Crippen molar-refractivity contribution in [1.82, 2.24) is 0 Å². The second-order valence-electron chi connectivity index (χ2n) is 7.05. The fourth-order valence-electron chi connectivity index (χ4n) is 3.58. The highest BCUT2D eigenvalue weighted by atomic mass is 35.5. The number of sulfonamides is 1. The predicted octanol–water partition coefficient (Wildman–Crippen LogP) is 5.33. The normalized spacial score (nSPS) is 12.1. The highest BCUT2D eigenvalue weighted by Gasteiger charge is 2.34. The minimum atomic E-state index is -4.11. The van der Waals surface area contributed by atoms with E-state index in [4.69, 9.17) is 30.5 Å². The average molecular weight is 492 g/mol. The van der Waals surface area contributed by atoms with Gasteiger partial charge in [0, 0.05) is 11.6 Å². The molecule has 0 aliphatic heterocycles. The number of benzene rings is 3. The van der Waals surface area contributed by atoms with E-state index >= 15 is 0 Å². The number of halogens is 1. The van der Waals surface area contributed by atoms with E-state index in [-0.39, 0.29) is 9.92 Å². The van der Waals surface area contributed by atoms with Gasteiger partial charge in [0.05, 0.1) is 45.2 Å². The summed E-state index contributed by atoms with van der Waals surface area (Å²) in [5, 5.41) is 0.118. The topological polar surface area (TPSA) is 74.3 Å². The summed E-state index contributed by atoms with van der Waals surface area (Å²) in [6, 6.07) is 15.8. The molecular formula is C24H26ClNO6S. The van der Waals surface area contributed by atoms with Crippen LogP contribution in [0.15, 0.2) is 65.6 Å². The lowest BCUT2D eigenvalue weighted by atomic mass is 10.1. The first-order valence-electron chi connectivity index (χ1n) is 10.0. The maximum atomic E-state index is 14.0. The van der Waals surface area contributed by atoms with Crippen LogP contribution in [-0.2, 0) is 10.0 Å². The van der Waals surface area contributed by atoms with Gasteiger partial charge < -0.3 is 18.9 Å². The van der Waals surface area contributed by atoms with Crippen LogP contribution in [0.3, 0.4) is 0 Å². The molecule has 3 aromatic rings. The zero-order valence-electron chi connectivity index (χ0n) is 19.0. The molecule has 0 heterocycles. The summed E-state index contributed by atoms with van der Waals surface area (Å²) in [7, 11) is 1.96. The molecule has 0 aliphatic rings. The van der Waals surface area contributed by atoms with Gasteiger partial charge in [-0.05, 0) is 49.4 Å². The second-order valence-corrected chi connectivity index (χ2v) is 9.24. The van der Waals surface area contributed by atoms with Crippen molar-refractivity contribution in [2.45, 2.75) is 17.9 Å². The molecule has 7 nitrogen and oxygen atoms in total. The Hall–Kier alpha value is -3.10. The van der Waals surface area contributed by atoms with E-state index in [2.05, 4.69) is 0 Å². The number of nitrogens with zero attached hydrogens (tertiary/aromatic N) is 1. The molecule has 0 fully saturated rings. The van der Waals surface area contributed by atoms with Crippen LogP contribution in [0.2, 0.25) is 5.02 Å². The molecule has 176 valence electrons. The zero-order chi connectivity index (χ0) is 24.2. The lowest BCUT2D eigenvalue weighted by Gasteiger charge is -2.32. The van der Waals surface area contributed by atoms with Crippen LogP contribution in [0.4, 0.5) is 5.69 Å². The Kier molecular flexibility index (Phi) is 7.61. The molecule has 0 saturated heterocycles. The number of hydrogen-bond donors (Lipinski definition) is 0. The van der Waals surface area contributed by atoms with Crippen molar-refractivity contribution in [3.05, 3.63) is 71.2 Å². The third-order valence-corrected chi connectivity index (χ3v) is 7.63. The third kappa shape index (κ3) is 4.82. The quantitative estimate of drug-likeness (QED) is 0.402. The number of hydrogen-bond acceptors (Lipinski definition) is 6. The van der Waals surface area contributed by atoms with E-state index in [1.165, 1.54) is 37.8 Å². The van der Waals surface area contributed by atoms with Crippen LogP contribution in [-0.4, -0.2) is 36.9 Å². The van der Waals surface area contributed by atoms with E-state index in [1.807, 2.05) is 0 Å². The SMILES string of the molecule is COc1ccc(OC)c([C@@H](C)N(c2ccc(OC)c(OC)c2)S(=O)(=O)c2ccccc2Cl)c1. The van der Waals surface area contributed by atoms with E-state index in [1.54, 1.807) is 62.6 Å². The van der Waals surface area contributed by atoms with Crippen LogP contribution in [0.1, 0.15) is 18.5 Å². The van der Waals surface area contributed by atoms with Crippen LogP contribution < -0.4 is 23.3 Å². The molecule has 9 heteroatoms. The molecule has 33 heavy (non-hydrogen) atoms. The first-order chi connectivity index (χ1) is 15.8. The lowest BCUT2D eigenvalue weighted by molar-refractivity contribution is 0.355. The van der Waals surface area contributed by atoms with Gasteiger partial charge in [-0.3, -0.25) is 4.31 Å². The Balaban J connectivity index is 2.28. The largest absolute Gasteiger partial charge is 0.497 e. The molecule has 0 spiro atoms. The Labute approximate surface area is 199 Å². The molecular weight excluding hydrogens is 466 g/mol. The van der Waals surface area contributed by atoms with E-state index in [9.17, 15) is 8.42 Å².